The van der Waals surface area contributed by atoms with Gasteiger partial charge in [-0.05, 0) is 63.3 Å². The van der Waals surface area contributed by atoms with Crippen molar-refractivity contribution in [2.45, 2.75) is 58.6 Å². The summed E-state index contributed by atoms with van der Waals surface area (Å²) in [6.45, 7) is 5.43. The van der Waals surface area contributed by atoms with E-state index in [2.05, 4.69) is 16.0 Å². The van der Waals surface area contributed by atoms with Crippen LogP contribution in [-0.2, 0) is 20.9 Å². The molecular weight excluding hydrogens is 370 g/mol. The zero-order chi connectivity index (χ0) is 21.3. The molecule has 3 amide bonds. The first kappa shape index (κ1) is 22.5. The molecule has 29 heavy (non-hydrogen) atoms. The van der Waals surface area contributed by atoms with Crippen molar-refractivity contribution in [3.8, 4) is 0 Å². The molecule has 158 valence electrons. The molecular formula is C22H31N3O4. The summed E-state index contributed by atoms with van der Waals surface area (Å²) in [7, 11) is 0. The average Bonchev–Trinajstić information content (AvgIpc) is 3.15. The first-order valence-corrected chi connectivity index (χ1v) is 10.0. The first-order chi connectivity index (χ1) is 13.7. The number of hydrogen-bond donors (Lipinski definition) is 3. The number of hydrogen-bond acceptors (Lipinski definition) is 4. The van der Waals surface area contributed by atoms with Crippen molar-refractivity contribution in [1.29, 1.82) is 0 Å². The van der Waals surface area contributed by atoms with Gasteiger partial charge in [-0.15, -0.1) is 0 Å². The lowest BCUT2D eigenvalue weighted by Crippen LogP contribution is -2.37. The predicted octanol–water partition coefficient (Wildman–Crippen LogP) is 3.51. The topological polar surface area (TPSA) is 96.5 Å². The van der Waals surface area contributed by atoms with Crippen molar-refractivity contribution in [3.05, 3.63) is 42.0 Å². The van der Waals surface area contributed by atoms with Gasteiger partial charge in [-0.2, -0.15) is 0 Å². The molecule has 0 spiro atoms. The molecule has 1 saturated carbocycles. The Hall–Kier alpha value is -2.83. The molecule has 3 N–H and O–H groups in total. The van der Waals surface area contributed by atoms with Gasteiger partial charge in [-0.1, -0.05) is 31.1 Å². The van der Waals surface area contributed by atoms with Crippen molar-refractivity contribution in [2.75, 3.05) is 11.9 Å². The molecule has 1 aliphatic carbocycles. The van der Waals surface area contributed by atoms with E-state index in [0.717, 1.165) is 18.4 Å². The van der Waals surface area contributed by atoms with Gasteiger partial charge >= 0.3 is 6.09 Å². The molecule has 1 aliphatic rings. The number of carbonyl (C=O) groups excluding carboxylic acids is 3. The highest BCUT2D eigenvalue weighted by Gasteiger charge is 2.16. The maximum Gasteiger partial charge on any atom is 0.408 e. The number of amides is 3. The van der Waals surface area contributed by atoms with Crippen LogP contribution in [0.25, 0.3) is 0 Å². The summed E-state index contributed by atoms with van der Waals surface area (Å²) < 4.78 is 5.09. The van der Waals surface area contributed by atoms with Crippen LogP contribution in [0, 0.1) is 5.92 Å². The molecule has 0 atom stereocenters. The molecule has 2 rings (SSSR count). The summed E-state index contributed by atoms with van der Waals surface area (Å²) in [5, 5.41) is 7.98. The standard InChI is InChI=1S/C22H31N3O4/c1-22(2,3)29-21(28)24-15-20(27)25-18-10-6-9-17(13-18)14-23-19(26)12-11-16-7-4-5-8-16/h6,9-13,16H,4-5,7-8,14-15H2,1-3H3,(H,23,26)(H,24,28)(H,25,27)/b12-11+. The van der Waals surface area contributed by atoms with Crippen molar-refractivity contribution < 1.29 is 19.1 Å². The maximum atomic E-state index is 12.0. The number of benzene rings is 1. The number of rotatable bonds is 7. The van der Waals surface area contributed by atoms with E-state index in [0.29, 0.717) is 18.2 Å². The highest BCUT2D eigenvalue weighted by Crippen LogP contribution is 2.25. The minimum absolute atomic E-state index is 0.118. The minimum atomic E-state index is -0.644. The largest absolute Gasteiger partial charge is 0.444 e. The Labute approximate surface area is 172 Å². The van der Waals surface area contributed by atoms with Crippen LogP contribution in [0.15, 0.2) is 36.4 Å². The lowest BCUT2D eigenvalue weighted by molar-refractivity contribution is -0.117. The SMILES string of the molecule is CC(C)(C)OC(=O)NCC(=O)Nc1cccc(CNC(=O)/C=C/C2CCCC2)c1. The Morgan fingerprint density at radius 3 is 2.55 bits per heavy atom. The molecule has 0 unspecified atom stereocenters. The van der Waals surface area contributed by atoms with Crippen LogP contribution in [0.3, 0.4) is 0 Å². The van der Waals surface area contributed by atoms with Crippen LogP contribution in [0.5, 0.6) is 0 Å². The van der Waals surface area contributed by atoms with E-state index in [-0.39, 0.29) is 18.4 Å². The molecule has 0 bridgehead atoms. The van der Waals surface area contributed by atoms with Crippen molar-refractivity contribution >= 4 is 23.6 Å². The highest BCUT2D eigenvalue weighted by atomic mass is 16.6. The van der Waals surface area contributed by atoms with Crippen molar-refractivity contribution in [3.63, 3.8) is 0 Å². The molecule has 0 radical (unpaired) electrons. The Kier molecular flexibility index (Phi) is 8.24. The number of allylic oxidation sites excluding steroid dienone is 1. The fourth-order valence-corrected chi connectivity index (χ4v) is 3.05. The average molecular weight is 402 g/mol. The van der Waals surface area contributed by atoms with E-state index in [1.807, 2.05) is 12.1 Å². The van der Waals surface area contributed by atoms with E-state index in [1.54, 1.807) is 45.0 Å². The van der Waals surface area contributed by atoms with Crippen LogP contribution in [0.1, 0.15) is 52.0 Å². The van der Waals surface area contributed by atoms with Gasteiger partial charge in [-0.25, -0.2) is 4.79 Å². The molecule has 1 aromatic rings. The molecule has 0 heterocycles. The molecule has 7 nitrogen and oxygen atoms in total. The number of ether oxygens (including phenoxy) is 1. The number of anilines is 1. The molecule has 0 aromatic heterocycles. The molecule has 7 heteroatoms. The van der Waals surface area contributed by atoms with Gasteiger partial charge in [0, 0.05) is 12.2 Å². The predicted molar refractivity (Wildman–Crippen MR) is 112 cm³/mol. The van der Waals surface area contributed by atoms with Gasteiger partial charge in [0.1, 0.15) is 12.1 Å². The first-order valence-electron chi connectivity index (χ1n) is 10.0. The Morgan fingerprint density at radius 1 is 1.14 bits per heavy atom. The smallest absolute Gasteiger partial charge is 0.408 e. The maximum absolute atomic E-state index is 12.0. The van der Waals surface area contributed by atoms with E-state index in [4.69, 9.17) is 4.74 Å². The highest BCUT2D eigenvalue weighted by molar-refractivity contribution is 5.94. The van der Waals surface area contributed by atoms with E-state index < -0.39 is 11.7 Å². The Morgan fingerprint density at radius 2 is 1.86 bits per heavy atom. The number of alkyl carbamates (subject to hydrolysis) is 1. The number of carbonyl (C=O) groups is 3. The van der Waals surface area contributed by atoms with Crippen molar-refractivity contribution in [2.24, 2.45) is 5.92 Å². The third-order valence-electron chi connectivity index (χ3n) is 4.39. The van der Waals surface area contributed by atoms with E-state index in [1.165, 1.54) is 12.8 Å². The van der Waals surface area contributed by atoms with E-state index >= 15 is 0 Å². The van der Waals surface area contributed by atoms with Crippen molar-refractivity contribution in [1.82, 2.24) is 10.6 Å². The molecule has 1 fully saturated rings. The summed E-state index contributed by atoms with van der Waals surface area (Å²) in [6, 6.07) is 7.20. The van der Waals surface area contributed by atoms with Crippen LogP contribution < -0.4 is 16.0 Å². The van der Waals surface area contributed by atoms with Gasteiger partial charge in [0.05, 0.1) is 0 Å². The summed E-state index contributed by atoms with van der Waals surface area (Å²) in [5.74, 6) is 0.0398. The van der Waals surface area contributed by atoms with Gasteiger partial charge in [0.25, 0.3) is 0 Å². The fourth-order valence-electron chi connectivity index (χ4n) is 3.05. The number of nitrogens with one attached hydrogen (secondary N) is 3. The fraction of sp³-hybridized carbons (Fsp3) is 0.500. The second kappa shape index (κ2) is 10.6. The van der Waals surface area contributed by atoms with Gasteiger partial charge in [0.2, 0.25) is 11.8 Å². The molecule has 0 aliphatic heterocycles. The second-order valence-corrected chi connectivity index (χ2v) is 8.23. The second-order valence-electron chi connectivity index (χ2n) is 8.23. The Bertz CT molecular complexity index is 747. The normalized spacial score (nSPS) is 14.6. The minimum Gasteiger partial charge on any atom is -0.444 e. The van der Waals surface area contributed by atoms with Crippen LogP contribution >= 0.6 is 0 Å². The zero-order valence-electron chi connectivity index (χ0n) is 17.4. The van der Waals surface area contributed by atoms with E-state index in [9.17, 15) is 14.4 Å². The summed E-state index contributed by atoms with van der Waals surface area (Å²) in [6.07, 6.45) is 7.77. The van der Waals surface area contributed by atoms with Gasteiger partial charge in [-0.3, -0.25) is 9.59 Å². The Balaban J connectivity index is 1.75. The van der Waals surface area contributed by atoms with Crippen LogP contribution in [0.2, 0.25) is 0 Å². The summed E-state index contributed by atoms with van der Waals surface area (Å²) in [5.41, 5.74) is 0.839. The molecule has 0 saturated heterocycles. The third kappa shape index (κ3) is 9.27. The summed E-state index contributed by atoms with van der Waals surface area (Å²) >= 11 is 0. The summed E-state index contributed by atoms with van der Waals surface area (Å²) in [4.78, 5) is 35.6. The van der Waals surface area contributed by atoms with Crippen LogP contribution in [-0.4, -0.2) is 30.1 Å². The monoisotopic (exact) mass is 401 g/mol. The third-order valence-corrected chi connectivity index (χ3v) is 4.39. The quantitative estimate of drug-likeness (QED) is 0.609. The lowest BCUT2D eigenvalue weighted by atomic mass is 10.1. The van der Waals surface area contributed by atoms with Gasteiger partial charge < -0.3 is 20.7 Å². The van der Waals surface area contributed by atoms with Crippen LogP contribution in [0.4, 0.5) is 10.5 Å². The molecule has 1 aromatic carbocycles. The van der Waals surface area contributed by atoms with Gasteiger partial charge in [0.15, 0.2) is 0 Å². The zero-order valence-corrected chi connectivity index (χ0v) is 17.4. The lowest BCUT2D eigenvalue weighted by Gasteiger charge is -2.19.